The van der Waals surface area contributed by atoms with Gasteiger partial charge in [0.25, 0.3) is 0 Å². The summed E-state index contributed by atoms with van der Waals surface area (Å²) in [5.41, 5.74) is 1.30. The first-order valence-corrected chi connectivity index (χ1v) is 6.80. The first-order valence-electron chi connectivity index (χ1n) is 5.99. The van der Waals surface area contributed by atoms with Gasteiger partial charge in [-0.1, -0.05) is 6.92 Å². The normalized spacial score (nSPS) is 12.9. The maximum absolute atomic E-state index is 4.46. The number of aromatic nitrogens is 2. The fourth-order valence-electron chi connectivity index (χ4n) is 1.71. The number of hydrogen-bond donors (Lipinski definition) is 1. The first kappa shape index (κ1) is 12.3. The second-order valence-corrected chi connectivity index (χ2v) is 5.38. The zero-order valence-corrected chi connectivity index (χ0v) is 11.4. The van der Waals surface area contributed by atoms with E-state index >= 15 is 0 Å². The van der Waals surface area contributed by atoms with Gasteiger partial charge in [-0.25, -0.2) is 4.98 Å². The molecule has 1 atom stereocenters. The van der Waals surface area contributed by atoms with Crippen LogP contribution in [-0.4, -0.2) is 9.55 Å². The van der Waals surface area contributed by atoms with Crippen molar-refractivity contribution < 1.29 is 0 Å². The van der Waals surface area contributed by atoms with Crippen molar-refractivity contribution in [3.05, 3.63) is 40.1 Å². The van der Waals surface area contributed by atoms with E-state index in [2.05, 4.69) is 54.1 Å². The topological polar surface area (TPSA) is 29.9 Å². The highest BCUT2D eigenvalue weighted by molar-refractivity contribution is 7.11. The third-order valence-electron chi connectivity index (χ3n) is 2.93. The molecule has 2 rings (SSSR count). The highest BCUT2D eigenvalue weighted by atomic mass is 32.1. The van der Waals surface area contributed by atoms with Crippen LogP contribution in [0.2, 0.25) is 0 Å². The SMILES string of the molecule is CCc1cnc(C(C)NCc2cccn2C)s1. The first-order chi connectivity index (χ1) is 8.20. The molecule has 2 aromatic heterocycles. The highest BCUT2D eigenvalue weighted by Crippen LogP contribution is 2.20. The Bertz CT molecular complexity index is 472. The Kier molecular flexibility index (Phi) is 3.97. The molecule has 0 aliphatic heterocycles. The van der Waals surface area contributed by atoms with Gasteiger partial charge in [0.1, 0.15) is 5.01 Å². The van der Waals surface area contributed by atoms with Gasteiger partial charge in [-0.2, -0.15) is 0 Å². The molecule has 0 aromatic carbocycles. The van der Waals surface area contributed by atoms with Gasteiger partial charge >= 0.3 is 0 Å². The summed E-state index contributed by atoms with van der Waals surface area (Å²) in [5.74, 6) is 0. The summed E-state index contributed by atoms with van der Waals surface area (Å²) in [6, 6.07) is 4.52. The summed E-state index contributed by atoms with van der Waals surface area (Å²) in [4.78, 5) is 5.81. The summed E-state index contributed by atoms with van der Waals surface area (Å²) in [5, 5.41) is 4.68. The van der Waals surface area contributed by atoms with Gasteiger partial charge in [-0.15, -0.1) is 11.3 Å². The van der Waals surface area contributed by atoms with Crippen molar-refractivity contribution in [1.82, 2.24) is 14.9 Å². The smallest absolute Gasteiger partial charge is 0.109 e. The number of aryl methyl sites for hydroxylation is 2. The Morgan fingerprint density at radius 1 is 1.53 bits per heavy atom. The molecule has 1 unspecified atom stereocenters. The molecular weight excluding hydrogens is 230 g/mol. The highest BCUT2D eigenvalue weighted by Gasteiger charge is 2.09. The van der Waals surface area contributed by atoms with Crippen LogP contribution >= 0.6 is 11.3 Å². The second-order valence-electron chi connectivity index (χ2n) is 4.23. The molecule has 3 nitrogen and oxygen atoms in total. The summed E-state index contributed by atoms with van der Waals surface area (Å²) < 4.78 is 2.14. The van der Waals surface area contributed by atoms with E-state index in [0.717, 1.165) is 13.0 Å². The van der Waals surface area contributed by atoms with E-state index in [-0.39, 0.29) is 0 Å². The molecule has 0 bridgehead atoms. The van der Waals surface area contributed by atoms with Gasteiger partial charge in [0.2, 0.25) is 0 Å². The van der Waals surface area contributed by atoms with Crippen LogP contribution in [0.4, 0.5) is 0 Å². The van der Waals surface area contributed by atoms with E-state index in [9.17, 15) is 0 Å². The van der Waals surface area contributed by atoms with Crippen LogP contribution in [0.1, 0.15) is 35.5 Å². The number of hydrogen-bond acceptors (Lipinski definition) is 3. The van der Waals surface area contributed by atoms with Crippen LogP contribution < -0.4 is 5.32 Å². The second kappa shape index (κ2) is 5.47. The van der Waals surface area contributed by atoms with Crippen LogP contribution in [0.15, 0.2) is 24.5 Å². The van der Waals surface area contributed by atoms with Crippen LogP contribution in [0.5, 0.6) is 0 Å². The van der Waals surface area contributed by atoms with Crippen molar-refractivity contribution >= 4 is 11.3 Å². The van der Waals surface area contributed by atoms with Crippen molar-refractivity contribution in [3.8, 4) is 0 Å². The van der Waals surface area contributed by atoms with E-state index in [1.165, 1.54) is 15.6 Å². The molecular formula is C13H19N3S. The molecule has 2 heterocycles. The maximum atomic E-state index is 4.46. The summed E-state index contributed by atoms with van der Waals surface area (Å²) in [7, 11) is 2.07. The molecule has 0 saturated heterocycles. The predicted molar refractivity (Wildman–Crippen MR) is 72.2 cm³/mol. The fourth-order valence-corrected chi connectivity index (χ4v) is 2.60. The number of thiazole rings is 1. The minimum Gasteiger partial charge on any atom is -0.353 e. The van der Waals surface area contributed by atoms with Crippen molar-refractivity contribution in [2.75, 3.05) is 0 Å². The molecule has 2 aromatic rings. The molecule has 1 N–H and O–H groups in total. The lowest BCUT2D eigenvalue weighted by Gasteiger charge is -2.11. The van der Waals surface area contributed by atoms with Gasteiger partial charge in [0.15, 0.2) is 0 Å². The monoisotopic (exact) mass is 249 g/mol. The van der Waals surface area contributed by atoms with Crippen molar-refractivity contribution in [1.29, 1.82) is 0 Å². The van der Waals surface area contributed by atoms with E-state index in [1.54, 1.807) is 11.3 Å². The van der Waals surface area contributed by atoms with Crippen LogP contribution in [-0.2, 0) is 20.0 Å². The number of rotatable bonds is 5. The van der Waals surface area contributed by atoms with E-state index in [4.69, 9.17) is 0 Å². The van der Waals surface area contributed by atoms with Gasteiger partial charge in [-0.3, -0.25) is 0 Å². The Morgan fingerprint density at radius 2 is 2.35 bits per heavy atom. The van der Waals surface area contributed by atoms with E-state index < -0.39 is 0 Å². The molecule has 0 aliphatic carbocycles. The molecule has 92 valence electrons. The Balaban J connectivity index is 1.93. The van der Waals surface area contributed by atoms with Gasteiger partial charge in [-0.05, 0) is 25.5 Å². The molecule has 0 spiro atoms. The molecule has 4 heteroatoms. The zero-order chi connectivity index (χ0) is 12.3. The quantitative estimate of drug-likeness (QED) is 0.883. The summed E-state index contributed by atoms with van der Waals surface area (Å²) in [6.07, 6.45) is 5.13. The van der Waals surface area contributed by atoms with Crippen LogP contribution in [0.3, 0.4) is 0 Å². The number of nitrogens with zero attached hydrogens (tertiary/aromatic N) is 2. The van der Waals surface area contributed by atoms with Crippen LogP contribution in [0.25, 0.3) is 0 Å². The lowest BCUT2D eigenvalue weighted by molar-refractivity contribution is 0.555. The Morgan fingerprint density at radius 3 is 2.94 bits per heavy atom. The standard InChI is InChI=1S/C13H19N3S/c1-4-12-9-15-13(17-12)10(2)14-8-11-6-5-7-16(11)3/h5-7,9-10,14H,4,8H2,1-3H3. The van der Waals surface area contributed by atoms with Crippen molar-refractivity contribution in [2.24, 2.45) is 7.05 Å². The Hall–Kier alpha value is -1.13. The minimum atomic E-state index is 0.315. The minimum absolute atomic E-state index is 0.315. The van der Waals surface area contributed by atoms with Gasteiger partial charge in [0.05, 0.1) is 6.04 Å². The summed E-state index contributed by atoms with van der Waals surface area (Å²) >= 11 is 1.80. The molecule has 0 fully saturated rings. The van der Waals surface area contributed by atoms with E-state index in [1.807, 2.05) is 6.20 Å². The Labute approximate surface area is 107 Å². The molecule has 17 heavy (non-hydrogen) atoms. The van der Waals surface area contributed by atoms with Crippen LogP contribution in [0, 0.1) is 0 Å². The average Bonchev–Trinajstić information content (AvgIpc) is 2.94. The fraction of sp³-hybridized carbons (Fsp3) is 0.462. The maximum Gasteiger partial charge on any atom is 0.109 e. The summed E-state index contributed by atoms with van der Waals surface area (Å²) in [6.45, 7) is 5.21. The third kappa shape index (κ3) is 2.96. The van der Waals surface area contributed by atoms with Gasteiger partial charge in [0, 0.05) is 36.6 Å². The lowest BCUT2D eigenvalue weighted by Crippen LogP contribution is -2.19. The molecule has 0 radical (unpaired) electrons. The zero-order valence-electron chi connectivity index (χ0n) is 10.6. The average molecular weight is 249 g/mol. The van der Waals surface area contributed by atoms with E-state index in [0.29, 0.717) is 6.04 Å². The molecule has 0 amide bonds. The van der Waals surface area contributed by atoms with Gasteiger partial charge < -0.3 is 9.88 Å². The number of nitrogens with one attached hydrogen (secondary N) is 1. The van der Waals surface area contributed by atoms with Crippen molar-refractivity contribution in [3.63, 3.8) is 0 Å². The largest absolute Gasteiger partial charge is 0.353 e. The third-order valence-corrected chi connectivity index (χ3v) is 4.26. The lowest BCUT2D eigenvalue weighted by atomic mass is 10.3. The molecule has 0 aliphatic rings. The predicted octanol–water partition coefficient (Wildman–Crippen LogP) is 2.89. The molecule has 0 saturated carbocycles. The van der Waals surface area contributed by atoms with Crippen molar-refractivity contribution in [2.45, 2.75) is 32.9 Å².